The summed E-state index contributed by atoms with van der Waals surface area (Å²) in [4.78, 5) is 2.47. The maximum absolute atomic E-state index is 12.6. The zero-order valence-electron chi connectivity index (χ0n) is 18.2. The van der Waals surface area contributed by atoms with Gasteiger partial charge in [0.1, 0.15) is 12.4 Å². The molecule has 0 saturated carbocycles. The Bertz CT molecular complexity index is 1000. The molecular weight excluding hydrogens is 431 g/mol. The summed E-state index contributed by atoms with van der Waals surface area (Å²) in [5.41, 5.74) is 1.53. The van der Waals surface area contributed by atoms with Crippen molar-refractivity contribution in [2.45, 2.75) is 32.0 Å². The Labute approximate surface area is 191 Å². The Morgan fingerprint density at radius 3 is 2.18 bits per heavy atom. The van der Waals surface area contributed by atoms with Crippen LogP contribution in [0.1, 0.15) is 30.4 Å². The average Bonchev–Trinajstić information content (AvgIpc) is 3.35. The summed E-state index contributed by atoms with van der Waals surface area (Å²) in [6, 6.07) is 16.0. The molecule has 0 spiro atoms. The number of ether oxygens (including phenoxy) is 2. The largest absolute Gasteiger partial charge is 0.494 e. The number of halogens is 3. The summed E-state index contributed by atoms with van der Waals surface area (Å²) in [6.45, 7) is 4.29. The van der Waals surface area contributed by atoms with E-state index in [1.165, 1.54) is 38.1 Å². The van der Waals surface area contributed by atoms with Crippen molar-refractivity contribution in [2.24, 2.45) is 0 Å². The predicted molar refractivity (Wildman–Crippen MR) is 119 cm³/mol. The maximum atomic E-state index is 12.6. The molecule has 0 radical (unpaired) electrons. The van der Waals surface area contributed by atoms with E-state index >= 15 is 0 Å². The van der Waals surface area contributed by atoms with E-state index in [9.17, 15) is 13.2 Å². The van der Waals surface area contributed by atoms with Crippen LogP contribution >= 0.6 is 0 Å². The van der Waals surface area contributed by atoms with E-state index in [0.717, 1.165) is 36.4 Å². The number of nitrogens with zero attached hydrogens (tertiary/aromatic N) is 3. The first-order valence-corrected chi connectivity index (χ1v) is 11.1. The lowest BCUT2D eigenvalue weighted by Crippen LogP contribution is -2.21. The normalized spacial score (nSPS) is 14.4. The number of likely N-dealkylation sites (tertiary alicyclic amines) is 1. The second kappa shape index (κ2) is 10.7. The van der Waals surface area contributed by atoms with Crippen molar-refractivity contribution in [1.29, 1.82) is 0 Å². The second-order valence-electron chi connectivity index (χ2n) is 8.02. The smallest absolute Gasteiger partial charge is 0.416 e. The van der Waals surface area contributed by atoms with Crippen LogP contribution in [0.4, 0.5) is 13.2 Å². The first-order valence-electron chi connectivity index (χ1n) is 11.1. The number of hydrogen-bond acceptors (Lipinski definition) is 5. The number of benzene rings is 2. The molecule has 3 aromatic rings. The van der Waals surface area contributed by atoms with Crippen LogP contribution in [0, 0.1) is 0 Å². The molecule has 2 aromatic carbocycles. The van der Waals surface area contributed by atoms with Crippen molar-refractivity contribution < 1.29 is 22.6 Å². The maximum Gasteiger partial charge on any atom is 0.416 e. The fraction of sp³-hybridized carbons (Fsp3) is 0.360. The molecule has 1 aromatic heterocycles. The van der Waals surface area contributed by atoms with E-state index in [2.05, 4.69) is 15.1 Å². The topological polar surface area (TPSA) is 47.5 Å². The van der Waals surface area contributed by atoms with Crippen molar-refractivity contribution in [3.8, 4) is 22.9 Å². The molecule has 174 valence electrons. The molecule has 1 saturated heterocycles. The highest BCUT2D eigenvalue weighted by Gasteiger charge is 2.29. The van der Waals surface area contributed by atoms with Crippen molar-refractivity contribution in [1.82, 2.24) is 15.1 Å². The van der Waals surface area contributed by atoms with E-state index in [4.69, 9.17) is 9.47 Å². The zero-order chi connectivity index (χ0) is 23.1. The van der Waals surface area contributed by atoms with Gasteiger partial charge in [-0.1, -0.05) is 12.1 Å². The number of alkyl halides is 3. The summed E-state index contributed by atoms with van der Waals surface area (Å²) in [5, 5.41) is 8.25. The third-order valence-corrected chi connectivity index (χ3v) is 5.54. The lowest BCUT2D eigenvalue weighted by atomic mass is 10.1. The monoisotopic (exact) mass is 457 g/mol. The highest BCUT2D eigenvalue weighted by Crippen LogP contribution is 2.29. The SMILES string of the molecule is FC(F)(F)c1ccc(COc2ccc(-c3ccc(OCCCN4CCCC4)cc3)nn2)cc1. The third-order valence-electron chi connectivity index (χ3n) is 5.54. The van der Waals surface area contributed by atoms with E-state index < -0.39 is 11.7 Å². The van der Waals surface area contributed by atoms with Gasteiger partial charge >= 0.3 is 6.18 Å². The van der Waals surface area contributed by atoms with Gasteiger partial charge in [0.05, 0.1) is 17.9 Å². The minimum Gasteiger partial charge on any atom is -0.494 e. The Kier molecular flexibility index (Phi) is 7.44. The van der Waals surface area contributed by atoms with Crippen LogP contribution in [0.15, 0.2) is 60.7 Å². The lowest BCUT2D eigenvalue weighted by molar-refractivity contribution is -0.137. The summed E-state index contributed by atoms with van der Waals surface area (Å²) in [5.74, 6) is 1.13. The van der Waals surface area contributed by atoms with Gasteiger partial charge in [-0.3, -0.25) is 0 Å². The minimum atomic E-state index is -4.35. The van der Waals surface area contributed by atoms with Crippen LogP contribution in [0.2, 0.25) is 0 Å². The van der Waals surface area contributed by atoms with Crippen LogP contribution in [-0.2, 0) is 12.8 Å². The van der Waals surface area contributed by atoms with Gasteiger partial charge in [-0.2, -0.15) is 13.2 Å². The summed E-state index contributed by atoms with van der Waals surface area (Å²) >= 11 is 0. The quantitative estimate of drug-likeness (QED) is 0.391. The summed E-state index contributed by atoms with van der Waals surface area (Å²) in [7, 11) is 0. The Balaban J connectivity index is 1.24. The summed E-state index contributed by atoms with van der Waals surface area (Å²) in [6.07, 6.45) is -0.728. The van der Waals surface area contributed by atoms with Crippen molar-refractivity contribution >= 4 is 0 Å². The molecule has 1 fully saturated rings. The van der Waals surface area contributed by atoms with Crippen LogP contribution in [0.5, 0.6) is 11.6 Å². The van der Waals surface area contributed by atoms with Crippen molar-refractivity contribution in [3.05, 3.63) is 71.8 Å². The molecule has 0 unspecified atom stereocenters. The molecule has 33 heavy (non-hydrogen) atoms. The number of hydrogen-bond donors (Lipinski definition) is 0. The van der Waals surface area contributed by atoms with Gasteiger partial charge in [-0.05, 0) is 80.4 Å². The van der Waals surface area contributed by atoms with Gasteiger partial charge in [0, 0.05) is 18.2 Å². The molecule has 0 atom stereocenters. The van der Waals surface area contributed by atoms with Crippen LogP contribution in [-0.4, -0.2) is 41.3 Å². The molecule has 1 aliphatic heterocycles. The van der Waals surface area contributed by atoms with Gasteiger partial charge in [0.15, 0.2) is 0 Å². The van der Waals surface area contributed by atoms with Gasteiger partial charge in [0.2, 0.25) is 5.88 Å². The lowest BCUT2D eigenvalue weighted by Gasteiger charge is -2.14. The van der Waals surface area contributed by atoms with E-state index in [1.54, 1.807) is 12.1 Å². The fourth-order valence-electron chi connectivity index (χ4n) is 3.70. The number of aromatic nitrogens is 2. The van der Waals surface area contributed by atoms with Gasteiger partial charge in [-0.15, -0.1) is 10.2 Å². The Morgan fingerprint density at radius 1 is 0.818 bits per heavy atom. The van der Waals surface area contributed by atoms with Crippen molar-refractivity contribution in [3.63, 3.8) is 0 Å². The van der Waals surface area contributed by atoms with Gasteiger partial charge in [-0.25, -0.2) is 0 Å². The molecule has 0 N–H and O–H groups in total. The molecule has 8 heteroatoms. The predicted octanol–water partition coefficient (Wildman–Crippen LogP) is 5.61. The summed E-state index contributed by atoms with van der Waals surface area (Å²) < 4.78 is 49.3. The standard InChI is InChI=1S/C25H26F3N3O2/c26-25(27,28)21-8-4-19(5-9-21)18-33-24-13-12-23(29-30-24)20-6-10-22(11-7-20)32-17-3-16-31-14-1-2-15-31/h4-13H,1-3,14-18H2. The van der Waals surface area contributed by atoms with Gasteiger partial charge < -0.3 is 14.4 Å². The molecular formula is C25H26F3N3O2. The molecule has 5 nitrogen and oxygen atoms in total. The molecule has 4 rings (SSSR count). The zero-order valence-corrected chi connectivity index (χ0v) is 18.2. The highest BCUT2D eigenvalue weighted by atomic mass is 19.4. The third kappa shape index (κ3) is 6.68. The first-order chi connectivity index (χ1) is 16.0. The van der Waals surface area contributed by atoms with Crippen LogP contribution < -0.4 is 9.47 Å². The van der Waals surface area contributed by atoms with Crippen LogP contribution in [0.3, 0.4) is 0 Å². The first kappa shape index (κ1) is 23.0. The van der Waals surface area contributed by atoms with E-state index in [-0.39, 0.29) is 6.61 Å². The fourth-order valence-corrected chi connectivity index (χ4v) is 3.70. The second-order valence-corrected chi connectivity index (χ2v) is 8.02. The molecule has 0 aliphatic carbocycles. The molecule has 1 aliphatic rings. The highest BCUT2D eigenvalue weighted by molar-refractivity contribution is 5.59. The Hall–Kier alpha value is -3.13. The van der Waals surface area contributed by atoms with E-state index in [0.29, 0.717) is 23.7 Å². The molecule has 2 heterocycles. The van der Waals surface area contributed by atoms with Crippen LogP contribution in [0.25, 0.3) is 11.3 Å². The minimum absolute atomic E-state index is 0.107. The number of rotatable bonds is 9. The van der Waals surface area contributed by atoms with Crippen molar-refractivity contribution in [2.75, 3.05) is 26.2 Å². The average molecular weight is 457 g/mol. The van der Waals surface area contributed by atoms with Gasteiger partial charge in [0.25, 0.3) is 0 Å². The van der Waals surface area contributed by atoms with E-state index in [1.807, 2.05) is 24.3 Å². The molecule has 0 amide bonds. The Morgan fingerprint density at radius 2 is 1.55 bits per heavy atom. The molecule has 0 bridgehead atoms.